The van der Waals surface area contributed by atoms with Gasteiger partial charge in [0.2, 0.25) is 5.91 Å². The SMILES string of the molecule is CN1CCC(n2cc(C#CC3=CC(C(=O)NC4CC4)CC=C3)c3c(N)ncnc32)CC1. The second-order valence-electron chi connectivity index (χ2n) is 8.84. The summed E-state index contributed by atoms with van der Waals surface area (Å²) in [5, 5.41) is 3.90. The number of hydrogen-bond acceptors (Lipinski definition) is 5. The van der Waals surface area contributed by atoms with E-state index in [1.165, 1.54) is 6.33 Å². The smallest absolute Gasteiger partial charge is 0.227 e. The van der Waals surface area contributed by atoms with Gasteiger partial charge in [-0.15, -0.1) is 0 Å². The van der Waals surface area contributed by atoms with Crippen molar-refractivity contribution >= 4 is 22.8 Å². The Balaban J connectivity index is 1.44. The highest BCUT2D eigenvalue weighted by molar-refractivity contribution is 5.92. The largest absolute Gasteiger partial charge is 0.383 e. The van der Waals surface area contributed by atoms with Gasteiger partial charge in [-0.25, -0.2) is 9.97 Å². The number of nitrogens with two attached hydrogens (primary N) is 1. The Labute approximate surface area is 182 Å². The lowest BCUT2D eigenvalue weighted by Crippen LogP contribution is -2.31. The molecule has 2 fully saturated rings. The van der Waals surface area contributed by atoms with Gasteiger partial charge in [0.1, 0.15) is 17.8 Å². The number of hydrogen-bond donors (Lipinski definition) is 2. The van der Waals surface area contributed by atoms with Gasteiger partial charge < -0.3 is 20.5 Å². The van der Waals surface area contributed by atoms with Crippen molar-refractivity contribution < 1.29 is 4.79 Å². The van der Waals surface area contributed by atoms with Crippen molar-refractivity contribution in [3.8, 4) is 11.8 Å². The fraction of sp³-hybridized carbons (Fsp3) is 0.458. The van der Waals surface area contributed by atoms with Crippen molar-refractivity contribution in [2.75, 3.05) is 25.9 Å². The highest BCUT2D eigenvalue weighted by Crippen LogP contribution is 2.30. The first-order valence-corrected chi connectivity index (χ1v) is 11.1. The molecule has 1 aliphatic heterocycles. The van der Waals surface area contributed by atoms with Crippen LogP contribution in [0.15, 0.2) is 36.3 Å². The van der Waals surface area contributed by atoms with Crippen LogP contribution in [0.3, 0.4) is 0 Å². The molecular weight excluding hydrogens is 388 g/mol. The van der Waals surface area contributed by atoms with Gasteiger partial charge >= 0.3 is 0 Å². The predicted octanol–water partition coefficient (Wildman–Crippen LogP) is 2.41. The van der Waals surface area contributed by atoms with E-state index in [1.807, 2.05) is 18.2 Å². The molecule has 7 nitrogen and oxygen atoms in total. The molecule has 2 aromatic heterocycles. The lowest BCUT2D eigenvalue weighted by atomic mass is 9.95. The van der Waals surface area contributed by atoms with E-state index in [9.17, 15) is 4.79 Å². The number of anilines is 1. The van der Waals surface area contributed by atoms with E-state index >= 15 is 0 Å². The quantitative estimate of drug-likeness (QED) is 0.750. The number of carbonyl (C=O) groups is 1. The molecule has 3 heterocycles. The van der Waals surface area contributed by atoms with E-state index in [0.717, 1.165) is 67.4 Å². The van der Waals surface area contributed by atoms with E-state index in [4.69, 9.17) is 5.73 Å². The van der Waals surface area contributed by atoms with Crippen LogP contribution in [0.1, 0.15) is 43.7 Å². The number of piperidine rings is 1. The molecular formula is C24H28N6O. The first kappa shape index (κ1) is 19.8. The fourth-order valence-corrected chi connectivity index (χ4v) is 4.38. The Morgan fingerprint density at radius 3 is 2.77 bits per heavy atom. The summed E-state index contributed by atoms with van der Waals surface area (Å²) in [5.41, 5.74) is 8.77. The number of carbonyl (C=O) groups excluding carboxylic acids is 1. The van der Waals surface area contributed by atoms with Crippen LogP contribution < -0.4 is 11.1 Å². The molecule has 1 atom stereocenters. The maximum Gasteiger partial charge on any atom is 0.227 e. The average molecular weight is 417 g/mol. The summed E-state index contributed by atoms with van der Waals surface area (Å²) in [4.78, 5) is 23.5. The van der Waals surface area contributed by atoms with Crippen LogP contribution in [0.5, 0.6) is 0 Å². The molecule has 0 aromatic carbocycles. The molecule has 3 aliphatic rings. The molecule has 2 aliphatic carbocycles. The minimum atomic E-state index is -0.149. The number of amides is 1. The van der Waals surface area contributed by atoms with Crippen molar-refractivity contribution in [3.05, 3.63) is 41.9 Å². The molecule has 3 N–H and O–H groups in total. The van der Waals surface area contributed by atoms with Gasteiger partial charge in [0.05, 0.1) is 16.9 Å². The van der Waals surface area contributed by atoms with E-state index in [2.05, 4.69) is 49.8 Å². The Morgan fingerprint density at radius 1 is 1.19 bits per heavy atom. The van der Waals surface area contributed by atoms with E-state index in [1.54, 1.807) is 0 Å². The van der Waals surface area contributed by atoms with Crippen molar-refractivity contribution in [1.29, 1.82) is 0 Å². The Kier molecular flexibility index (Phi) is 5.24. The van der Waals surface area contributed by atoms with Crippen LogP contribution in [0.25, 0.3) is 11.0 Å². The number of nitrogens with zero attached hydrogens (tertiary/aromatic N) is 4. The van der Waals surface area contributed by atoms with Crippen LogP contribution in [-0.4, -0.2) is 51.5 Å². The molecule has 1 amide bonds. The third kappa shape index (κ3) is 4.21. The number of nitrogen functional groups attached to an aromatic ring is 1. The molecule has 0 spiro atoms. The number of likely N-dealkylation sites (tertiary alicyclic amines) is 1. The zero-order valence-corrected chi connectivity index (χ0v) is 17.8. The summed E-state index contributed by atoms with van der Waals surface area (Å²) < 4.78 is 2.22. The van der Waals surface area contributed by atoms with Crippen LogP contribution in [0.2, 0.25) is 0 Å². The van der Waals surface area contributed by atoms with Gasteiger partial charge in [0.15, 0.2) is 0 Å². The van der Waals surface area contributed by atoms with Crippen LogP contribution >= 0.6 is 0 Å². The molecule has 1 saturated carbocycles. The van der Waals surface area contributed by atoms with Gasteiger partial charge in [0.25, 0.3) is 0 Å². The van der Waals surface area contributed by atoms with Crippen molar-refractivity contribution in [2.45, 2.75) is 44.2 Å². The summed E-state index contributed by atoms with van der Waals surface area (Å²) in [7, 11) is 2.16. The maximum atomic E-state index is 12.4. The number of aromatic nitrogens is 3. The summed E-state index contributed by atoms with van der Waals surface area (Å²) in [6.07, 6.45) is 14.6. The average Bonchev–Trinajstić information content (AvgIpc) is 3.51. The van der Waals surface area contributed by atoms with Crippen molar-refractivity contribution in [1.82, 2.24) is 24.8 Å². The Morgan fingerprint density at radius 2 is 2.00 bits per heavy atom. The van der Waals surface area contributed by atoms with E-state index in [0.29, 0.717) is 17.9 Å². The Bertz CT molecular complexity index is 1120. The Hall–Kier alpha value is -3.11. The maximum absolute atomic E-state index is 12.4. The molecule has 2 aromatic rings. The highest BCUT2D eigenvalue weighted by atomic mass is 16.2. The molecule has 31 heavy (non-hydrogen) atoms. The molecule has 5 rings (SSSR count). The molecule has 7 heteroatoms. The molecule has 1 unspecified atom stereocenters. The number of allylic oxidation sites excluding steroid dienone is 3. The third-order valence-electron chi connectivity index (χ3n) is 6.39. The minimum Gasteiger partial charge on any atom is -0.383 e. The highest BCUT2D eigenvalue weighted by Gasteiger charge is 2.27. The molecule has 0 bridgehead atoms. The van der Waals surface area contributed by atoms with Crippen LogP contribution in [0.4, 0.5) is 5.82 Å². The second-order valence-corrected chi connectivity index (χ2v) is 8.84. The minimum absolute atomic E-state index is 0.0997. The number of rotatable bonds is 3. The second kappa shape index (κ2) is 8.20. The van der Waals surface area contributed by atoms with Gasteiger partial charge in [-0.05, 0) is 52.2 Å². The van der Waals surface area contributed by atoms with Crippen molar-refractivity contribution in [2.24, 2.45) is 5.92 Å². The lowest BCUT2D eigenvalue weighted by Gasteiger charge is -2.30. The summed E-state index contributed by atoms with van der Waals surface area (Å²) in [5.74, 6) is 6.94. The molecule has 1 saturated heterocycles. The van der Waals surface area contributed by atoms with Crippen LogP contribution in [0, 0.1) is 17.8 Å². The summed E-state index contributed by atoms with van der Waals surface area (Å²) >= 11 is 0. The van der Waals surface area contributed by atoms with Gasteiger partial charge in [-0.1, -0.05) is 30.1 Å². The van der Waals surface area contributed by atoms with Crippen LogP contribution in [-0.2, 0) is 4.79 Å². The van der Waals surface area contributed by atoms with Gasteiger partial charge in [-0.2, -0.15) is 0 Å². The standard InChI is InChI=1S/C24H28N6O/c1-29-11-9-20(10-12-29)30-14-18(21-22(25)26-15-27-23(21)30)6-5-16-3-2-4-17(13-16)24(31)28-19-7-8-19/h2-3,13-15,17,19-20H,4,7-12H2,1H3,(H,28,31)(H2,25,26,27). The van der Waals surface area contributed by atoms with Crippen molar-refractivity contribution in [3.63, 3.8) is 0 Å². The normalized spacial score (nSPS) is 22.1. The first-order chi connectivity index (χ1) is 15.1. The summed E-state index contributed by atoms with van der Waals surface area (Å²) in [6.45, 7) is 2.13. The molecule has 0 radical (unpaired) electrons. The zero-order valence-electron chi connectivity index (χ0n) is 17.8. The number of nitrogens with one attached hydrogen (secondary N) is 1. The number of fused-ring (bicyclic) bond motifs is 1. The fourth-order valence-electron chi connectivity index (χ4n) is 4.38. The van der Waals surface area contributed by atoms with Gasteiger partial charge in [-0.3, -0.25) is 4.79 Å². The summed E-state index contributed by atoms with van der Waals surface area (Å²) in [6, 6.07) is 0.753. The first-order valence-electron chi connectivity index (χ1n) is 11.1. The topological polar surface area (TPSA) is 89.1 Å². The van der Waals surface area contributed by atoms with E-state index < -0.39 is 0 Å². The third-order valence-corrected chi connectivity index (χ3v) is 6.39. The lowest BCUT2D eigenvalue weighted by molar-refractivity contribution is -0.123. The van der Waals surface area contributed by atoms with E-state index in [-0.39, 0.29) is 11.8 Å². The predicted molar refractivity (Wildman–Crippen MR) is 121 cm³/mol. The monoisotopic (exact) mass is 416 g/mol. The molecule has 160 valence electrons. The van der Waals surface area contributed by atoms with Gasteiger partial charge in [0, 0.05) is 23.9 Å². The zero-order chi connectivity index (χ0) is 21.4.